The second-order valence-corrected chi connectivity index (χ2v) is 16.2. The quantitative estimate of drug-likeness (QED) is 0.194. The average molecular weight is 684 g/mol. The summed E-state index contributed by atoms with van der Waals surface area (Å²) < 4.78 is 11.1. The summed E-state index contributed by atoms with van der Waals surface area (Å²) in [5.74, 6) is 4.60. The number of nitrogens with two attached hydrogens (primary N) is 1. The standard InChI is InChI=1S/C14H26O2.C12H23NO2.C10H20O.C4H8O2/c1-5-6-14(15)16-13-9-11(4)7-8-12(13)10(2)3;1-8(2)10-5-4-9(3)6-11(10)15-12(14)7-13;1-7(2)9-5-4-8(3)6-10(9)11;1-2-3-4(5)6/h10-13H,5-9H2,1-4H3;8-11H,4-7,13H2,1-3H3;7-11H,4-6H2,1-3H3;2-3H2,1H3,(H,5,6)/t11-,12+,13?;9-,10+,11?;8-,9+,10?;/m111./s1. The molecule has 8 nitrogen and oxygen atoms in total. The van der Waals surface area contributed by atoms with Gasteiger partial charge >= 0.3 is 17.9 Å². The summed E-state index contributed by atoms with van der Waals surface area (Å²) in [6, 6.07) is 0. The first-order chi connectivity index (χ1) is 22.5. The molecule has 0 amide bonds. The lowest BCUT2D eigenvalue weighted by molar-refractivity contribution is -0.156. The van der Waals surface area contributed by atoms with Gasteiger partial charge in [0.15, 0.2) is 0 Å². The molecule has 0 spiro atoms. The molecule has 48 heavy (non-hydrogen) atoms. The first-order valence-electron chi connectivity index (χ1n) is 19.5. The Labute approximate surface area is 295 Å². The van der Waals surface area contributed by atoms with Gasteiger partial charge in [-0.2, -0.15) is 0 Å². The Morgan fingerprint density at radius 3 is 1.31 bits per heavy atom. The van der Waals surface area contributed by atoms with Gasteiger partial charge in [-0.15, -0.1) is 0 Å². The van der Waals surface area contributed by atoms with Gasteiger partial charge in [0, 0.05) is 12.8 Å². The third kappa shape index (κ3) is 19.5. The Hall–Kier alpha value is -1.67. The summed E-state index contributed by atoms with van der Waals surface area (Å²) in [6.07, 6.45) is 13.2. The molecule has 3 fully saturated rings. The van der Waals surface area contributed by atoms with Crippen LogP contribution in [-0.2, 0) is 23.9 Å². The molecule has 3 rings (SSSR count). The average Bonchev–Trinajstić information content (AvgIpc) is 2.97. The van der Waals surface area contributed by atoms with Crippen LogP contribution in [0.5, 0.6) is 0 Å². The number of carboxylic acids is 1. The second-order valence-electron chi connectivity index (χ2n) is 16.2. The minimum atomic E-state index is -0.711. The van der Waals surface area contributed by atoms with Gasteiger partial charge in [0.25, 0.3) is 0 Å². The number of hydrogen-bond donors (Lipinski definition) is 3. The van der Waals surface area contributed by atoms with Crippen molar-refractivity contribution in [3.8, 4) is 0 Å². The van der Waals surface area contributed by atoms with Crippen molar-refractivity contribution in [3.63, 3.8) is 0 Å². The molecule has 284 valence electrons. The first-order valence-corrected chi connectivity index (χ1v) is 19.5. The number of aliphatic hydroxyl groups excluding tert-OH is 1. The maximum Gasteiger partial charge on any atom is 0.319 e. The molecule has 3 aliphatic rings. The van der Waals surface area contributed by atoms with Gasteiger partial charge in [-0.3, -0.25) is 14.4 Å². The molecule has 0 radical (unpaired) electrons. The molecule has 0 aromatic carbocycles. The van der Waals surface area contributed by atoms with E-state index in [0.717, 1.165) is 38.0 Å². The Kier molecular flexibility index (Phi) is 24.4. The molecular weight excluding hydrogens is 606 g/mol. The third-order valence-corrected chi connectivity index (χ3v) is 10.6. The van der Waals surface area contributed by atoms with Gasteiger partial charge in [-0.05, 0) is 105 Å². The second kappa shape index (κ2) is 25.3. The van der Waals surface area contributed by atoms with Crippen molar-refractivity contribution in [3.05, 3.63) is 0 Å². The Morgan fingerprint density at radius 1 is 0.625 bits per heavy atom. The van der Waals surface area contributed by atoms with Crippen molar-refractivity contribution in [2.45, 2.75) is 178 Å². The van der Waals surface area contributed by atoms with Crippen molar-refractivity contribution >= 4 is 17.9 Å². The number of aliphatic carboxylic acids is 1. The molecular formula is C40H77NO7. The van der Waals surface area contributed by atoms with Crippen molar-refractivity contribution in [2.75, 3.05) is 6.54 Å². The van der Waals surface area contributed by atoms with Gasteiger partial charge in [0.1, 0.15) is 12.2 Å². The zero-order valence-electron chi connectivity index (χ0n) is 32.8. The van der Waals surface area contributed by atoms with Crippen LogP contribution in [0.2, 0.25) is 0 Å². The van der Waals surface area contributed by atoms with Crippen molar-refractivity contribution in [1.82, 2.24) is 0 Å². The lowest BCUT2D eigenvalue weighted by Crippen LogP contribution is -2.37. The molecule has 0 heterocycles. The monoisotopic (exact) mass is 684 g/mol. The number of rotatable bonds is 10. The topological polar surface area (TPSA) is 136 Å². The van der Waals surface area contributed by atoms with Gasteiger partial charge < -0.3 is 25.4 Å². The van der Waals surface area contributed by atoms with Crippen LogP contribution in [-0.4, -0.2) is 53.0 Å². The zero-order chi connectivity index (χ0) is 37.0. The lowest BCUT2D eigenvalue weighted by atomic mass is 9.75. The molecule has 3 aliphatic carbocycles. The summed E-state index contributed by atoms with van der Waals surface area (Å²) >= 11 is 0. The maximum absolute atomic E-state index is 11.6. The van der Waals surface area contributed by atoms with Gasteiger partial charge in [0.05, 0.1) is 12.6 Å². The fraction of sp³-hybridized carbons (Fsp3) is 0.925. The number of esters is 2. The van der Waals surface area contributed by atoms with E-state index >= 15 is 0 Å². The highest BCUT2D eigenvalue weighted by Gasteiger charge is 2.34. The predicted molar refractivity (Wildman–Crippen MR) is 196 cm³/mol. The van der Waals surface area contributed by atoms with E-state index in [4.69, 9.17) is 20.3 Å². The van der Waals surface area contributed by atoms with Crippen molar-refractivity contribution in [2.24, 2.45) is 59.0 Å². The van der Waals surface area contributed by atoms with Crippen LogP contribution in [0.1, 0.15) is 160 Å². The van der Waals surface area contributed by atoms with E-state index in [9.17, 15) is 19.5 Å². The van der Waals surface area contributed by atoms with Gasteiger partial charge in [-0.1, -0.05) is 95.4 Å². The van der Waals surface area contributed by atoms with E-state index in [0.29, 0.717) is 60.2 Å². The number of carboxylic acid groups (broad SMARTS) is 1. The van der Waals surface area contributed by atoms with E-state index in [2.05, 4.69) is 62.3 Å². The van der Waals surface area contributed by atoms with E-state index < -0.39 is 5.97 Å². The van der Waals surface area contributed by atoms with E-state index in [-0.39, 0.29) is 36.8 Å². The van der Waals surface area contributed by atoms with Crippen LogP contribution in [0.15, 0.2) is 0 Å². The predicted octanol–water partition coefficient (Wildman–Crippen LogP) is 9.05. The zero-order valence-corrected chi connectivity index (χ0v) is 32.8. The first kappa shape index (κ1) is 46.3. The molecule has 0 saturated heterocycles. The molecule has 3 unspecified atom stereocenters. The molecule has 0 aliphatic heterocycles. The lowest BCUT2D eigenvalue weighted by Gasteiger charge is -2.36. The largest absolute Gasteiger partial charge is 0.481 e. The Balaban J connectivity index is 0.000000644. The fourth-order valence-electron chi connectivity index (χ4n) is 7.52. The number of hydrogen-bond acceptors (Lipinski definition) is 7. The highest BCUT2D eigenvalue weighted by Crippen LogP contribution is 2.37. The highest BCUT2D eigenvalue weighted by molar-refractivity contribution is 5.71. The minimum absolute atomic E-state index is 0.00427. The molecule has 3 saturated carbocycles. The smallest absolute Gasteiger partial charge is 0.319 e. The number of ether oxygens (including phenoxy) is 2. The Bertz CT molecular complexity index is 876. The number of carbonyl (C=O) groups is 3. The summed E-state index contributed by atoms with van der Waals surface area (Å²) in [5, 5.41) is 17.6. The SMILES string of the molecule is CC(C)[C@@H]1CC[C@@H](C)CC1O.CC(C)[C@@H]1CC[C@@H](C)CC1OC(=O)CN.CCCC(=O)O.CCCC(=O)OC1C[C@H](C)CC[C@H]1C(C)C. The van der Waals surface area contributed by atoms with E-state index in [1.807, 2.05) is 13.8 Å². The van der Waals surface area contributed by atoms with Crippen LogP contribution < -0.4 is 5.73 Å². The maximum atomic E-state index is 11.6. The van der Waals surface area contributed by atoms with E-state index in [1.54, 1.807) is 0 Å². The van der Waals surface area contributed by atoms with Crippen molar-refractivity contribution in [1.29, 1.82) is 0 Å². The fourth-order valence-corrected chi connectivity index (χ4v) is 7.52. The number of aliphatic hydroxyl groups is 1. The van der Waals surface area contributed by atoms with E-state index in [1.165, 1.54) is 38.5 Å². The molecule has 0 aromatic heterocycles. The van der Waals surface area contributed by atoms with Crippen LogP contribution in [0, 0.1) is 53.3 Å². The Morgan fingerprint density at radius 2 is 1.00 bits per heavy atom. The molecule has 0 aromatic rings. The minimum Gasteiger partial charge on any atom is -0.481 e. The summed E-state index contributed by atoms with van der Waals surface area (Å²) in [4.78, 5) is 32.4. The van der Waals surface area contributed by atoms with Crippen LogP contribution in [0.4, 0.5) is 0 Å². The van der Waals surface area contributed by atoms with Crippen LogP contribution in [0.25, 0.3) is 0 Å². The van der Waals surface area contributed by atoms with Crippen LogP contribution in [0.3, 0.4) is 0 Å². The molecule has 0 bridgehead atoms. The summed E-state index contributed by atoms with van der Waals surface area (Å²) in [5.41, 5.74) is 5.27. The summed E-state index contributed by atoms with van der Waals surface area (Å²) in [6.45, 7) is 23.9. The number of carbonyl (C=O) groups excluding carboxylic acids is 2. The molecule has 8 heteroatoms. The van der Waals surface area contributed by atoms with Gasteiger partial charge in [-0.25, -0.2) is 0 Å². The highest BCUT2D eigenvalue weighted by atomic mass is 16.5. The normalized spacial score (nSPS) is 30.1. The third-order valence-electron chi connectivity index (χ3n) is 10.6. The van der Waals surface area contributed by atoms with Crippen molar-refractivity contribution < 1.29 is 34.1 Å². The van der Waals surface area contributed by atoms with Gasteiger partial charge in [0.2, 0.25) is 0 Å². The van der Waals surface area contributed by atoms with Crippen LogP contribution >= 0.6 is 0 Å². The summed E-state index contributed by atoms with van der Waals surface area (Å²) in [7, 11) is 0. The molecule has 9 atom stereocenters. The molecule has 4 N–H and O–H groups in total.